The lowest BCUT2D eigenvalue weighted by molar-refractivity contribution is -0.125. The van der Waals surface area contributed by atoms with Crippen molar-refractivity contribution in [3.05, 3.63) is 30.2 Å². The molecule has 1 fully saturated rings. The summed E-state index contributed by atoms with van der Waals surface area (Å²) in [5.74, 6) is 1.04. The molecule has 7 heteroatoms. The van der Waals surface area contributed by atoms with E-state index in [0.717, 1.165) is 13.1 Å². The van der Waals surface area contributed by atoms with Crippen molar-refractivity contribution in [1.82, 2.24) is 25.3 Å². The molecule has 0 radical (unpaired) electrons. The Morgan fingerprint density at radius 1 is 1.28 bits per heavy atom. The standard InChI is InChI=1S/C18H25N5O2/c1-14(23-12-6-2-3-7-13-23)17(24)20-11-9-16-21-18(25-22-16)15-8-4-5-10-19-15/h4-5,8,10,14H,2-3,6-7,9,11-13H2,1H3,(H,20,24)/t14-/m0/s1. The number of rotatable bonds is 6. The first kappa shape index (κ1) is 17.5. The van der Waals surface area contributed by atoms with Gasteiger partial charge in [0, 0.05) is 19.2 Å². The summed E-state index contributed by atoms with van der Waals surface area (Å²) in [6.45, 7) is 4.49. The van der Waals surface area contributed by atoms with Crippen molar-refractivity contribution in [2.75, 3.05) is 19.6 Å². The number of carbonyl (C=O) groups is 1. The summed E-state index contributed by atoms with van der Waals surface area (Å²) in [5, 5.41) is 6.93. The highest BCUT2D eigenvalue weighted by Crippen LogP contribution is 2.14. The van der Waals surface area contributed by atoms with Gasteiger partial charge in [0.2, 0.25) is 5.91 Å². The number of likely N-dealkylation sites (tertiary alicyclic amines) is 1. The van der Waals surface area contributed by atoms with Gasteiger partial charge in [0.25, 0.3) is 5.89 Å². The van der Waals surface area contributed by atoms with Crippen LogP contribution in [0.1, 0.15) is 38.4 Å². The van der Waals surface area contributed by atoms with E-state index in [1.165, 1.54) is 25.7 Å². The molecule has 1 amide bonds. The monoisotopic (exact) mass is 343 g/mol. The second kappa shape index (κ2) is 8.71. The quantitative estimate of drug-likeness (QED) is 0.864. The van der Waals surface area contributed by atoms with Crippen LogP contribution >= 0.6 is 0 Å². The van der Waals surface area contributed by atoms with Crippen molar-refractivity contribution >= 4 is 5.91 Å². The molecule has 0 saturated carbocycles. The first-order valence-electron chi connectivity index (χ1n) is 9.00. The molecule has 1 atom stereocenters. The molecule has 0 aromatic carbocycles. The Labute approximate surface area is 147 Å². The molecule has 7 nitrogen and oxygen atoms in total. The summed E-state index contributed by atoms with van der Waals surface area (Å²) >= 11 is 0. The molecule has 3 rings (SSSR count). The van der Waals surface area contributed by atoms with Gasteiger partial charge >= 0.3 is 0 Å². The van der Waals surface area contributed by atoms with Gasteiger partial charge in [-0.15, -0.1) is 0 Å². The molecule has 1 aliphatic heterocycles. The van der Waals surface area contributed by atoms with Crippen LogP contribution in [0.15, 0.2) is 28.9 Å². The lowest BCUT2D eigenvalue weighted by Crippen LogP contribution is -2.46. The SMILES string of the molecule is C[C@@H](C(=O)NCCc1noc(-c2ccccn2)n1)N1CCCCCC1. The normalized spacial score (nSPS) is 17.0. The van der Waals surface area contributed by atoms with Crippen molar-refractivity contribution < 1.29 is 9.32 Å². The maximum absolute atomic E-state index is 12.3. The molecule has 0 aliphatic carbocycles. The van der Waals surface area contributed by atoms with E-state index < -0.39 is 0 Å². The Bertz CT molecular complexity index is 665. The minimum absolute atomic E-state index is 0.0651. The average Bonchev–Trinajstić information content (AvgIpc) is 2.95. The van der Waals surface area contributed by atoms with Gasteiger partial charge in [-0.1, -0.05) is 24.1 Å². The van der Waals surface area contributed by atoms with Gasteiger partial charge in [-0.25, -0.2) is 0 Å². The third-order valence-corrected chi connectivity index (χ3v) is 4.57. The number of pyridine rings is 1. The minimum atomic E-state index is -0.0903. The predicted molar refractivity (Wildman–Crippen MR) is 93.7 cm³/mol. The fourth-order valence-corrected chi connectivity index (χ4v) is 3.04. The summed E-state index contributed by atoms with van der Waals surface area (Å²) in [6.07, 6.45) is 7.11. The molecule has 1 aliphatic rings. The fourth-order valence-electron chi connectivity index (χ4n) is 3.04. The van der Waals surface area contributed by atoms with Crippen LogP contribution in [-0.4, -0.2) is 51.6 Å². The van der Waals surface area contributed by atoms with Crippen LogP contribution in [0.5, 0.6) is 0 Å². The summed E-state index contributed by atoms with van der Waals surface area (Å²) in [7, 11) is 0. The van der Waals surface area contributed by atoms with E-state index in [4.69, 9.17) is 4.52 Å². The highest BCUT2D eigenvalue weighted by Gasteiger charge is 2.21. The van der Waals surface area contributed by atoms with Gasteiger partial charge in [0.15, 0.2) is 5.82 Å². The first-order valence-corrected chi connectivity index (χ1v) is 9.00. The zero-order valence-electron chi connectivity index (χ0n) is 14.6. The summed E-state index contributed by atoms with van der Waals surface area (Å²) in [5.41, 5.74) is 0.653. The van der Waals surface area contributed by atoms with Crippen molar-refractivity contribution in [1.29, 1.82) is 0 Å². The van der Waals surface area contributed by atoms with Crippen molar-refractivity contribution in [2.24, 2.45) is 0 Å². The smallest absolute Gasteiger partial charge is 0.276 e. The number of nitrogens with one attached hydrogen (secondary N) is 1. The third-order valence-electron chi connectivity index (χ3n) is 4.57. The number of nitrogens with zero attached hydrogens (tertiary/aromatic N) is 4. The topological polar surface area (TPSA) is 84.2 Å². The number of aromatic nitrogens is 3. The van der Waals surface area contributed by atoms with Crippen LogP contribution in [0, 0.1) is 0 Å². The second-order valence-corrected chi connectivity index (χ2v) is 6.40. The number of hydrogen-bond acceptors (Lipinski definition) is 6. The lowest BCUT2D eigenvalue weighted by Gasteiger charge is -2.26. The molecule has 1 saturated heterocycles. The second-order valence-electron chi connectivity index (χ2n) is 6.40. The highest BCUT2D eigenvalue weighted by molar-refractivity contribution is 5.81. The van der Waals surface area contributed by atoms with Gasteiger partial charge in [-0.2, -0.15) is 4.98 Å². The molecule has 2 aromatic rings. The zero-order chi connectivity index (χ0) is 17.5. The number of amides is 1. The number of hydrogen-bond donors (Lipinski definition) is 1. The van der Waals surface area contributed by atoms with Crippen molar-refractivity contribution in [2.45, 2.75) is 45.1 Å². The molecule has 25 heavy (non-hydrogen) atoms. The maximum Gasteiger partial charge on any atom is 0.276 e. The molecular weight excluding hydrogens is 318 g/mol. The summed E-state index contributed by atoms with van der Waals surface area (Å²) in [6, 6.07) is 5.44. The Hall–Kier alpha value is -2.28. The fraction of sp³-hybridized carbons (Fsp3) is 0.556. The highest BCUT2D eigenvalue weighted by atomic mass is 16.5. The Balaban J connectivity index is 1.46. The van der Waals surface area contributed by atoms with E-state index in [1.54, 1.807) is 6.20 Å². The van der Waals surface area contributed by atoms with E-state index in [-0.39, 0.29) is 11.9 Å². The molecule has 134 valence electrons. The molecule has 0 spiro atoms. The van der Waals surface area contributed by atoms with E-state index in [1.807, 2.05) is 25.1 Å². The van der Waals surface area contributed by atoms with Crippen molar-refractivity contribution in [3.8, 4) is 11.6 Å². The number of carbonyl (C=O) groups excluding carboxylic acids is 1. The molecule has 1 N–H and O–H groups in total. The van der Waals surface area contributed by atoms with Crippen LogP contribution in [0.4, 0.5) is 0 Å². The van der Waals surface area contributed by atoms with Gasteiger partial charge in [0.05, 0.1) is 6.04 Å². The van der Waals surface area contributed by atoms with Crippen LogP contribution in [0.3, 0.4) is 0 Å². The van der Waals surface area contributed by atoms with Gasteiger partial charge < -0.3 is 9.84 Å². The van der Waals surface area contributed by atoms with Crippen LogP contribution in [0.25, 0.3) is 11.6 Å². The average molecular weight is 343 g/mol. The van der Waals surface area contributed by atoms with Gasteiger partial charge in [-0.05, 0) is 45.0 Å². The van der Waals surface area contributed by atoms with E-state index in [9.17, 15) is 4.79 Å². The van der Waals surface area contributed by atoms with E-state index in [2.05, 4.69) is 25.3 Å². The molecule has 0 unspecified atom stereocenters. The largest absolute Gasteiger partial charge is 0.354 e. The Morgan fingerprint density at radius 3 is 2.80 bits per heavy atom. The van der Waals surface area contributed by atoms with Crippen LogP contribution in [0.2, 0.25) is 0 Å². The molecular formula is C18H25N5O2. The van der Waals surface area contributed by atoms with E-state index in [0.29, 0.717) is 30.4 Å². The van der Waals surface area contributed by atoms with Gasteiger partial charge in [-0.3, -0.25) is 14.7 Å². The van der Waals surface area contributed by atoms with Crippen LogP contribution in [-0.2, 0) is 11.2 Å². The Morgan fingerprint density at radius 2 is 2.08 bits per heavy atom. The van der Waals surface area contributed by atoms with Crippen molar-refractivity contribution in [3.63, 3.8) is 0 Å². The lowest BCUT2D eigenvalue weighted by atomic mass is 10.2. The molecule has 2 aromatic heterocycles. The molecule has 0 bridgehead atoms. The molecule has 3 heterocycles. The minimum Gasteiger partial charge on any atom is -0.354 e. The predicted octanol–water partition coefficient (Wildman–Crippen LogP) is 2.05. The summed E-state index contributed by atoms with van der Waals surface area (Å²) in [4.78, 5) is 23.1. The van der Waals surface area contributed by atoms with Gasteiger partial charge in [0.1, 0.15) is 5.69 Å². The summed E-state index contributed by atoms with van der Waals surface area (Å²) < 4.78 is 5.22. The van der Waals surface area contributed by atoms with E-state index >= 15 is 0 Å². The van der Waals surface area contributed by atoms with Crippen LogP contribution < -0.4 is 5.32 Å². The Kier molecular flexibility index (Phi) is 6.11. The third kappa shape index (κ3) is 4.85. The maximum atomic E-state index is 12.3. The first-order chi connectivity index (χ1) is 12.2. The zero-order valence-corrected chi connectivity index (χ0v) is 14.6.